The van der Waals surface area contributed by atoms with Crippen molar-refractivity contribution in [2.75, 3.05) is 26.4 Å². The van der Waals surface area contributed by atoms with Crippen LogP contribution in [0.5, 0.6) is 11.5 Å². The molecule has 0 heterocycles. The van der Waals surface area contributed by atoms with Gasteiger partial charge in [-0.15, -0.1) is 0 Å². The van der Waals surface area contributed by atoms with Crippen molar-refractivity contribution < 1.29 is 19.3 Å². The van der Waals surface area contributed by atoms with E-state index < -0.39 is 10.4 Å². The van der Waals surface area contributed by atoms with E-state index in [4.69, 9.17) is 89.1 Å². The van der Waals surface area contributed by atoms with Gasteiger partial charge in [0.05, 0.1) is 13.2 Å². The second-order valence-corrected chi connectivity index (χ2v) is 8.53. The van der Waals surface area contributed by atoms with Crippen molar-refractivity contribution in [2.45, 2.75) is 23.3 Å². The third-order valence-corrected chi connectivity index (χ3v) is 5.10. The summed E-state index contributed by atoms with van der Waals surface area (Å²) in [7, 11) is 0. The molecule has 0 aliphatic rings. The van der Waals surface area contributed by atoms with E-state index in [0.29, 0.717) is 37.6 Å². The van der Waals surface area contributed by atoms with Crippen LogP contribution in [0.25, 0.3) is 0 Å². The minimum absolute atomic E-state index is 0.0929. The molecule has 1 N–H and O–H groups in total. The molecule has 0 amide bonds. The summed E-state index contributed by atoms with van der Waals surface area (Å²) in [4.78, 5) is 0. The molecule has 156 valence electrons. The van der Waals surface area contributed by atoms with Gasteiger partial charge in [-0.05, 0) is 31.1 Å². The predicted octanol–water partition coefficient (Wildman–Crippen LogP) is 5.93. The maximum Gasteiger partial charge on any atom is 0.230 e. The number of aliphatic hydroxyl groups excluding tert-OH is 1. The summed E-state index contributed by atoms with van der Waals surface area (Å²) in [5.41, 5.74) is 0. The minimum Gasteiger partial charge on any atom is -0.492 e. The molecule has 5 nitrogen and oxygen atoms in total. The number of nitriles is 1. The SMILES string of the molecule is N#CC(Cl)(Cl)C(O)COCCCCOc1ccc(OCC=C(Cl)Cl)c(Cl)c1Cl. The van der Waals surface area contributed by atoms with Crippen molar-refractivity contribution >= 4 is 69.6 Å². The second-order valence-electron chi connectivity index (χ2n) is 5.38. The van der Waals surface area contributed by atoms with Gasteiger partial charge in [0, 0.05) is 6.61 Å². The number of halogens is 6. The Morgan fingerprint density at radius 2 is 1.68 bits per heavy atom. The molecular weight excluding hydrogens is 495 g/mol. The summed E-state index contributed by atoms with van der Waals surface area (Å²) < 4.78 is 14.5. The standard InChI is InChI=1S/C17H17Cl6NO4/c18-14(19)5-8-28-12-4-3-11(15(20)16(12)21)27-7-2-1-6-26-9-13(25)17(22,23)10-24/h3-5,13,25H,1-2,6-9H2. The number of nitrogens with zero attached hydrogens (tertiary/aromatic N) is 1. The number of ether oxygens (including phenoxy) is 3. The first-order chi connectivity index (χ1) is 13.2. The normalized spacial score (nSPS) is 12.2. The van der Waals surface area contributed by atoms with E-state index >= 15 is 0 Å². The first-order valence-corrected chi connectivity index (χ1v) is 10.3. The Bertz CT molecular complexity index is 704. The average Bonchev–Trinajstić information content (AvgIpc) is 2.65. The van der Waals surface area contributed by atoms with Crippen LogP contribution in [0.2, 0.25) is 10.0 Å². The molecule has 1 aromatic rings. The quantitative estimate of drug-likeness (QED) is 0.278. The zero-order valence-corrected chi connectivity index (χ0v) is 19.0. The molecule has 1 aromatic carbocycles. The molecule has 0 aliphatic heterocycles. The molecule has 0 aromatic heterocycles. The highest BCUT2D eigenvalue weighted by Gasteiger charge is 2.33. The Kier molecular flexibility index (Phi) is 12.0. The van der Waals surface area contributed by atoms with Gasteiger partial charge in [0.15, 0.2) is 0 Å². The van der Waals surface area contributed by atoms with Crippen LogP contribution in [0.1, 0.15) is 12.8 Å². The van der Waals surface area contributed by atoms with Crippen molar-refractivity contribution in [3.8, 4) is 17.6 Å². The molecule has 0 fully saturated rings. The average molecular weight is 512 g/mol. The van der Waals surface area contributed by atoms with Crippen LogP contribution in [0.4, 0.5) is 0 Å². The molecule has 1 rings (SSSR count). The Hall–Kier alpha value is -0.290. The largest absolute Gasteiger partial charge is 0.492 e. The molecule has 0 bridgehead atoms. The number of benzene rings is 1. The Labute approximate surface area is 193 Å². The maximum absolute atomic E-state index is 9.60. The van der Waals surface area contributed by atoms with E-state index in [0.717, 1.165) is 0 Å². The van der Waals surface area contributed by atoms with Gasteiger partial charge in [-0.25, -0.2) is 0 Å². The number of hydrogen-bond donors (Lipinski definition) is 1. The lowest BCUT2D eigenvalue weighted by Crippen LogP contribution is -2.33. The highest BCUT2D eigenvalue weighted by atomic mass is 35.5. The van der Waals surface area contributed by atoms with E-state index in [1.807, 2.05) is 0 Å². The second kappa shape index (κ2) is 13.1. The lowest BCUT2D eigenvalue weighted by molar-refractivity contribution is 0.0333. The van der Waals surface area contributed by atoms with Crippen LogP contribution >= 0.6 is 69.6 Å². The van der Waals surface area contributed by atoms with E-state index in [9.17, 15) is 5.11 Å². The summed E-state index contributed by atoms with van der Waals surface area (Å²) in [5.74, 6) is 0.799. The fourth-order valence-electron chi connectivity index (χ4n) is 1.79. The maximum atomic E-state index is 9.60. The third kappa shape index (κ3) is 9.02. The molecule has 0 radical (unpaired) electrons. The Morgan fingerprint density at radius 3 is 2.25 bits per heavy atom. The van der Waals surface area contributed by atoms with Crippen LogP contribution < -0.4 is 9.47 Å². The van der Waals surface area contributed by atoms with Crippen molar-refractivity contribution in [2.24, 2.45) is 0 Å². The molecule has 1 atom stereocenters. The molecule has 0 saturated carbocycles. The molecule has 28 heavy (non-hydrogen) atoms. The summed E-state index contributed by atoms with van der Waals surface area (Å²) in [5, 5.41) is 18.7. The Morgan fingerprint density at radius 1 is 1.11 bits per heavy atom. The van der Waals surface area contributed by atoms with Crippen molar-refractivity contribution in [3.63, 3.8) is 0 Å². The molecule has 1 unspecified atom stereocenters. The summed E-state index contributed by atoms with van der Waals surface area (Å²) >= 11 is 34.5. The first kappa shape index (κ1) is 25.7. The lowest BCUT2D eigenvalue weighted by Gasteiger charge is -2.18. The van der Waals surface area contributed by atoms with Gasteiger partial charge in [-0.2, -0.15) is 5.26 Å². The van der Waals surface area contributed by atoms with Crippen LogP contribution in [0.3, 0.4) is 0 Å². The third-order valence-electron chi connectivity index (χ3n) is 3.27. The number of unbranched alkanes of at least 4 members (excludes halogenated alkanes) is 1. The first-order valence-electron chi connectivity index (χ1n) is 7.98. The van der Waals surface area contributed by atoms with Crippen LogP contribution in [-0.2, 0) is 4.74 Å². The summed E-state index contributed by atoms with van der Waals surface area (Å²) in [6.07, 6.45) is 1.48. The summed E-state index contributed by atoms with van der Waals surface area (Å²) in [6, 6.07) is 4.86. The fraction of sp³-hybridized carbons (Fsp3) is 0.471. The predicted molar refractivity (Wildman–Crippen MR) is 113 cm³/mol. The van der Waals surface area contributed by atoms with Crippen molar-refractivity contribution in [1.82, 2.24) is 0 Å². The number of alkyl halides is 2. The number of rotatable bonds is 12. The van der Waals surface area contributed by atoms with E-state index in [2.05, 4.69) is 0 Å². The molecule has 0 spiro atoms. The van der Waals surface area contributed by atoms with E-state index in [-0.39, 0.29) is 27.8 Å². The highest BCUT2D eigenvalue weighted by molar-refractivity contribution is 6.55. The molecule has 11 heteroatoms. The van der Waals surface area contributed by atoms with Crippen LogP contribution in [0.15, 0.2) is 22.7 Å². The van der Waals surface area contributed by atoms with Gasteiger partial charge in [0.2, 0.25) is 4.33 Å². The monoisotopic (exact) mass is 509 g/mol. The van der Waals surface area contributed by atoms with E-state index in [1.54, 1.807) is 18.2 Å². The zero-order chi connectivity index (χ0) is 21.2. The van der Waals surface area contributed by atoms with E-state index in [1.165, 1.54) is 6.08 Å². The molecular formula is C17H17Cl6NO4. The topological polar surface area (TPSA) is 71.7 Å². The van der Waals surface area contributed by atoms with Crippen molar-refractivity contribution in [3.05, 3.63) is 32.7 Å². The molecule has 0 aliphatic carbocycles. The van der Waals surface area contributed by atoms with Gasteiger partial charge >= 0.3 is 0 Å². The minimum atomic E-state index is -1.89. The highest BCUT2D eigenvalue weighted by Crippen LogP contribution is 2.39. The van der Waals surface area contributed by atoms with Gasteiger partial charge in [0.1, 0.15) is 44.8 Å². The number of aliphatic hydroxyl groups is 1. The summed E-state index contributed by atoms with van der Waals surface area (Å²) in [6.45, 7) is 0.720. The lowest BCUT2D eigenvalue weighted by atomic mass is 10.3. The number of hydrogen-bond acceptors (Lipinski definition) is 5. The zero-order valence-electron chi connectivity index (χ0n) is 14.4. The molecule has 0 saturated heterocycles. The fourth-order valence-corrected chi connectivity index (χ4v) is 2.47. The van der Waals surface area contributed by atoms with Gasteiger partial charge in [0.25, 0.3) is 0 Å². The van der Waals surface area contributed by atoms with Gasteiger partial charge in [-0.3, -0.25) is 0 Å². The van der Waals surface area contributed by atoms with Crippen molar-refractivity contribution in [1.29, 1.82) is 5.26 Å². The Balaban J connectivity index is 2.33. The van der Waals surface area contributed by atoms with Gasteiger partial charge in [-0.1, -0.05) is 69.6 Å². The van der Waals surface area contributed by atoms with Crippen LogP contribution in [0, 0.1) is 11.3 Å². The van der Waals surface area contributed by atoms with Gasteiger partial charge < -0.3 is 19.3 Å². The smallest absolute Gasteiger partial charge is 0.230 e. The van der Waals surface area contributed by atoms with Crippen LogP contribution in [-0.4, -0.2) is 42.0 Å².